The van der Waals surface area contributed by atoms with Crippen LogP contribution in [0.4, 0.5) is 0 Å². The Morgan fingerprint density at radius 2 is 2.12 bits per heavy atom. The van der Waals surface area contributed by atoms with E-state index in [9.17, 15) is 9.59 Å². The first-order valence-corrected chi connectivity index (χ1v) is 5.16. The van der Waals surface area contributed by atoms with Gasteiger partial charge in [-0.25, -0.2) is 4.79 Å². The smallest absolute Gasteiger partial charge is 0.326 e. The van der Waals surface area contributed by atoms with Crippen LogP contribution in [0.1, 0.15) is 26.7 Å². The maximum absolute atomic E-state index is 11.5. The second-order valence-electron chi connectivity index (χ2n) is 3.72. The average molecular weight is 226 g/mol. The number of hydrogen-bond acceptors (Lipinski definition) is 3. The number of hydrogen-bond donors (Lipinski definition) is 3. The van der Waals surface area contributed by atoms with E-state index in [2.05, 4.69) is 11.2 Å². The molecule has 0 heterocycles. The highest BCUT2D eigenvalue weighted by Gasteiger charge is 2.26. The van der Waals surface area contributed by atoms with Gasteiger partial charge in [0.1, 0.15) is 6.04 Å². The van der Waals surface area contributed by atoms with Gasteiger partial charge in [0.15, 0.2) is 0 Å². The maximum atomic E-state index is 11.5. The second-order valence-corrected chi connectivity index (χ2v) is 3.72. The number of carboxylic acid groups (broad SMARTS) is 1. The van der Waals surface area contributed by atoms with Crippen molar-refractivity contribution in [1.82, 2.24) is 5.32 Å². The number of carboxylic acids is 1. The van der Waals surface area contributed by atoms with Crippen molar-refractivity contribution in [3.8, 4) is 12.3 Å². The molecular formula is C11H18N2O3. The molecule has 0 radical (unpaired) electrons. The molecule has 5 nitrogen and oxygen atoms in total. The molecule has 3 atom stereocenters. The second kappa shape index (κ2) is 6.85. The predicted molar refractivity (Wildman–Crippen MR) is 60.4 cm³/mol. The zero-order valence-corrected chi connectivity index (χ0v) is 9.56. The number of nitrogens with two attached hydrogens (primary N) is 1. The lowest BCUT2D eigenvalue weighted by atomic mass is 9.99. The van der Waals surface area contributed by atoms with Gasteiger partial charge in [-0.15, -0.1) is 12.3 Å². The monoisotopic (exact) mass is 226 g/mol. The van der Waals surface area contributed by atoms with Gasteiger partial charge in [-0.3, -0.25) is 4.79 Å². The van der Waals surface area contributed by atoms with Gasteiger partial charge in [0, 0.05) is 6.42 Å². The van der Waals surface area contributed by atoms with Crippen molar-refractivity contribution >= 4 is 11.9 Å². The average Bonchev–Trinajstić information content (AvgIpc) is 2.24. The summed E-state index contributed by atoms with van der Waals surface area (Å²) in [6.45, 7) is 3.61. The van der Waals surface area contributed by atoms with Gasteiger partial charge in [0.25, 0.3) is 0 Å². The van der Waals surface area contributed by atoms with Gasteiger partial charge >= 0.3 is 5.97 Å². The maximum Gasteiger partial charge on any atom is 0.326 e. The fraction of sp³-hybridized carbons (Fsp3) is 0.636. The van der Waals surface area contributed by atoms with E-state index in [1.54, 1.807) is 6.92 Å². The number of aliphatic carboxylic acids is 1. The largest absolute Gasteiger partial charge is 0.480 e. The van der Waals surface area contributed by atoms with Gasteiger partial charge in [-0.1, -0.05) is 20.3 Å². The summed E-state index contributed by atoms with van der Waals surface area (Å²) in [6, 6.07) is -1.77. The molecule has 0 aromatic carbocycles. The Morgan fingerprint density at radius 3 is 2.50 bits per heavy atom. The Labute approximate surface area is 95.4 Å². The van der Waals surface area contributed by atoms with Gasteiger partial charge in [0.2, 0.25) is 5.91 Å². The third-order valence-corrected chi connectivity index (χ3v) is 2.45. The molecule has 90 valence electrons. The molecule has 0 fully saturated rings. The molecule has 0 aromatic heterocycles. The van der Waals surface area contributed by atoms with E-state index in [-0.39, 0.29) is 12.3 Å². The summed E-state index contributed by atoms with van der Waals surface area (Å²) in [6.07, 6.45) is 5.77. The van der Waals surface area contributed by atoms with E-state index >= 15 is 0 Å². The molecule has 0 aliphatic rings. The Bertz CT molecular complexity index is 296. The fourth-order valence-electron chi connectivity index (χ4n) is 1.16. The first kappa shape index (κ1) is 14.5. The number of rotatable bonds is 6. The summed E-state index contributed by atoms with van der Waals surface area (Å²) in [5, 5.41) is 11.3. The minimum Gasteiger partial charge on any atom is -0.480 e. The van der Waals surface area contributed by atoms with Crippen molar-refractivity contribution in [1.29, 1.82) is 0 Å². The minimum absolute atomic E-state index is 0.0959. The normalized spacial score (nSPS) is 15.6. The van der Waals surface area contributed by atoms with Crippen molar-refractivity contribution in [2.24, 2.45) is 11.7 Å². The lowest BCUT2D eigenvalue weighted by Gasteiger charge is -2.21. The molecule has 0 rings (SSSR count). The molecule has 5 heteroatoms. The van der Waals surface area contributed by atoms with Crippen LogP contribution in [-0.4, -0.2) is 29.1 Å². The number of amides is 1. The highest BCUT2D eigenvalue weighted by Crippen LogP contribution is 2.08. The van der Waals surface area contributed by atoms with Crippen molar-refractivity contribution in [3.05, 3.63) is 0 Å². The molecule has 0 aliphatic heterocycles. The van der Waals surface area contributed by atoms with Crippen molar-refractivity contribution in [2.45, 2.75) is 38.8 Å². The Morgan fingerprint density at radius 1 is 1.56 bits per heavy atom. The highest BCUT2D eigenvalue weighted by molar-refractivity contribution is 5.87. The predicted octanol–water partition coefficient (Wildman–Crippen LogP) is -0.0475. The third kappa shape index (κ3) is 4.32. The van der Waals surface area contributed by atoms with Gasteiger partial charge < -0.3 is 16.2 Å². The highest BCUT2D eigenvalue weighted by atomic mass is 16.4. The molecule has 0 aliphatic carbocycles. The summed E-state index contributed by atoms with van der Waals surface area (Å²) in [7, 11) is 0. The van der Waals surface area contributed by atoms with Crippen LogP contribution in [-0.2, 0) is 9.59 Å². The van der Waals surface area contributed by atoms with E-state index in [0.717, 1.165) is 0 Å². The van der Waals surface area contributed by atoms with Crippen molar-refractivity contribution in [3.63, 3.8) is 0 Å². The summed E-state index contributed by atoms with van der Waals surface area (Å²) >= 11 is 0. The SMILES string of the molecule is C#CCC(N)C(=O)N[C@H](C(=O)O)C(C)CC. The van der Waals surface area contributed by atoms with Crippen LogP contribution in [0.25, 0.3) is 0 Å². The molecule has 0 aromatic rings. The summed E-state index contributed by atoms with van der Waals surface area (Å²) in [5.41, 5.74) is 5.47. The van der Waals surface area contributed by atoms with E-state index in [1.165, 1.54) is 0 Å². The van der Waals surface area contributed by atoms with E-state index < -0.39 is 24.0 Å². The lowest BCUT2D eigenvalue weighted by Crippen LogP contribution is -2.50. The zero-order valence-electron chi connectivity index (χ0n) is 9.56. The van der Waals surface area contributed by atoms with Crippen molar-refractivity contribution in [2.75, 3.05) is 0 Å². The minimum atomic E-state index is -1.06. The number of carbonyl (C=O) groups is 2. The molecule has 16 heavy (non-hydrogen) atoms. The standard InChI is InChI=1S/C11H18N2O3/c1-4-6-8(12)10(14)13-9(11(15)16)7(3)5-2/h1,7-9H,5-6,12H2,2-3H3,(H,13,14)(H,15,16)/t7?,8?,9-/m0/s1. The van der Waals surface area contributed by atoms with Crippen LogP contribution in [0.5, 0.6) is 0 Å². The van der Waals surface area contributed by atoms with Crippen LogP contribution in [0.3, 0.4) is 0 Å². The number of carbonyl (C=O) groups excluding carboxylic acids is 1. The molecule has 0 bridgehead atoms. The molecule has 0 spiro atoms. The van der Waals surface area contributed by atoms with Crippen LogP contribution in [0, 0.1) is 18.3 Å². The Kier molecular flexibility index (Phi) is 6.19. The Balaban J connectivity index is 4.47. The molecule has 4 N–H and O–H groups in total. The van der Waals surface area contributed by atoms with Crippen LogP contribution >= 0.6 is 0 Å². The van der Waals surface area contributed by atoms with Gasteiger partial charge in [-0.2, -0.15) is 0 Å². The summed E-state index contributed by atoms with van der Waals surface area (Å²) < 4.78 is 0. The third-order valence-electron chi connectivity index (χ3n) is 2.45. The molecule has 0 saturated heterocycles. The molecule has 1 amide bonds. The van der Waals surface area contributed by atoms with Crippen LogP contribution in [0.2, 0.25) is 0 Å². The summed E-state index contributed by atoms with van der Waals surface area (Å²) in [5.74, 6) is 0.525. The van der Waals surface area contributed by atoms with E-state index in [4.69, 9.17) is 17.3 Å². The van der Waals surface area contributed by atoms with E-state index in [0.29, 0.717) is 6.42 Å². The van der Waals surface area contributed by atoms with Gasteiger partial charge in [0.05, 0.1) is 6.04 Å². The Hall–Kier alpha value is -1.54. The van der Waals surface area contributed by atoms with Crippen LogP contribution < -0.4 is 11.1 Å². The van der Waals surface area contributed by atoms with E-state index in [1.807, 2.05) is 6.92 Å². The number of terminal acetylenes is 1. The first-order valence-electron chi connectivity index (χ1n) is 5.16. The molecule has 0 saturated carbocycles. The van der Waals surface area contributed by atoms with Crippen LogP contribution in [0.15, 0.2) is 0 Å². The first-order chi connectivity index (χ1) is 7.43. The quantitative estimate of drug-likeness (QED) is 0.554. The molecule has 2 unspecified atom stereocenters. The summed E-state index contributed by atoms with van der Waals surface area (Å²) in [4.78, 5) is 22.4. The van der Waals surface area contributed by atoms with Crippen molar-refractivity contribution < 1.29 is 14.7 Å². The lowest BCUT2D eigenvalue weighted by molar-refractivity contribution is -0.143. The topological polar surface area (TPSA) is 92.4 Å². The molecular weight excluding hydrogens is 208 g/mol. The zero-order chi connectivity index (χ0) is 12.7. The van der Waals surface area contributed by atoms with Gasteiger partial charge in [-0.05, 0) is 5.92 Å². The number of nitrogens with one attached hydrogen (secondary N) is 1. The fourth-order valence-corrected chi connectivity index (χ4v) is 1.16.